The molecule has 3 rings (SSSR count). The van der Waals surface area contributed by atoms with Gasteiger partial charge in [-0.1, -0.05) is 42.5 Å². The Balaban J connectivity index is 1.70. The van der Waals surface area contributed by atoms with Gasteiger partial charge in [0.05, 0.1) is 0 Å². The van der Waals surface area contributed by atoms with Gasteiger partial charge < -0.3 is 10.2 Å². The van der Waals surface area contributed by atoms with E-state index in [1.54, 1.807) is 0 Å². The number of rotatable bonds is 4. The molecule has 0 aliphatic carbocycles. The highest BCUT2D eigenvalue weighted by Gasteiger charge is 2.24. The maximum atomic E-state index is 12.5. The minimum absolute atomic E-state index is 0.0217. The van der Waals surface area contributed by atoms with E-state index in [1.807, 2.05) is 17.0 Å². The zero-order chi connectivity index (χ0) is 14.7. The van der Waals surface area contributed by atoms with Gasteiger partial charge in [-0.25, -0.2) is 0 Å². The molecule has 1 N–H and O–H groups in total. The first-order valence-electron chi connectivity index (χ1n) is 7.21. The molecule has 1 aliphatic heterocycles. The second-order valence-electron chi connectivity index (χ2n) is 5.08. The molecule has 0 spiro atoms. The maximum Gasteiger partial charge on any atom is 0.285 e. The standard InChI is InChI=1S/C15H18N4OS/c1-2-8-16-15-18-17-13(21-15)14(20)19-9-7-11-5-3-4-6-12(11)10-19/h3-6H,2,7-10H2,1H3,(H,16,18). The molecule has 0 radical (unpaired) electrons. The molecule has 1 aromatic heterocycles. The van der Waals surface area contributed by atoms with Gasteiger partial charge in [0.15, 0.2) is 0 Å². The quantitative estimate of drug-likeness (QED) is 0.943. The Morgan fingerprint density at radius 1 is 1.33 bits per heavy atom. The Labute approximate surface area is 128 Å². The maximum absolute atomic E-state index is 12.5. The Hall–Kier alpha value is -1.95. The molecule has 0 unspecified atom stereocenters. The van der Waals surface area contributed by atoms with E-state index in [0.29, 0.717) is 11.6 Å². The molecule has 5 nitrogen and oxygen atoms in total. The highest BCUT2D eigenvalue weighted by molar-refractivity contribution is 7.17. The molecule has 2 heterocycles. The Kier molecular flexibility index (Phi) is 4.15. The highest BCUT2D eigenvalue weighted by atomic mass is 32.1. The summed E-state index contributed by atoms with van der Waals surface area (Å²) in [7, 11) is 0. The van der Waals surface area contributed by atoms with Gasteiger partial charge in [0.2, 0.25) is 10.1 Å². The number of benzene rings is 1. The van der Waals surface area contributed by atoms with Gasteiger partial charge in [-0.15, -0.1) is 10.2 Å². The van der Waals surface area contributed by atoms with Crippen LogP contribution in [0.2, 0.25) is 0 Å². The van der Waals surface area contributed by atoms with E-state index in [1.165, 1.54) is 22.5 Å². The summed E-state index contributed by atoms with van der Waals surface area (Å²) in [4.78, 5) is 14.4. The van der Waals surface area contributed by atoms with Gasteiger partial charge in [0.25, 0.3) is 5.91 Å². The summed E-state index contributed by atoms with van der Waals surface area (Å²) in [6.07, 6.45) is 1.92. The van der Waals surface area contributed by atoms with Crippen molar-refractivity contribution < 1.29 is 4.79 Å². The van der Waals surface area contributed by atoms with Crippen LogP contribution in [0, 0.1) is 0 Å². The van der Waals surface area contributed by atoms with Crippen molar-refractivity contribution in [2.75, 3.05) is 18.4 Å². The van der Waals surface area contributed by atoms with Crippen molar-refractivity contribution in [3.05, 3.63) is 40.4 Å². The van der Waals surface area contributed by atoms with Gasteiger partial charge in [0, 0.05) is 19.6 Å². The molecule has 1 amide bonds. The summed E-state index contributed by atoms with van der Waals surface area (Å²) in [6.45, 7) is 4.34. The Bertz CT molecular complexity index is 640. The zero-order valence-electron chi connectivity index (χ0n) is 12.0. The van der Waals surface area contributed by atoms with Gasteiger partial charge in [-0.05, 0) is 24.0 Å². The van der Waals surface area contributed by atoms with Crippen LogP contribution in [0.4, 0.5) is 5.13 Å². The third-order valence-electron chi connectivity index (χ3n) is 3.55. The largest absolute Gasteiger partial charge is 0.360 e. The molecule has 21 heavy (non-hydrogen) atoms. The Morgan fingerprint density at radius 2 is 2.14 bits per heavy atom. The number of nitrogens with one attached hydrogen (secondary N) is 1. The second-order valence-corrected chi connectivity index (χ2v) is 6.06. The fourth-order valence-corrected chi connectivity index (χ4v) is 3.15. The van der Waals surface area contributed by atoms with E-state index in [2.05, 4.69) is 34.6 Å². The van der Waals surface area contributed by atoms with Crippen molar-refractivity contribution in [3.8, 4) is 0 Å². The molecular formula is C15H18N4OS. The molecule has 0 atom stereocenters. The van der Waals surface area contributed by atoms with Gasteiger partial charge in [-0.2, -0.15) is 0 Å². The smallest absolute Gasteiger partial charge is 0.285 e. The van der Waals surface area contributed by atoms with Crippen LogP contribution in [0.15, 0.2) is 24.3 Å². The van der Waals surface area contributed by atoms with Crippen LogP contribution in [0.1, 0.15) is 34.3 Å². The van der Waals surface area contributed by atoms with Gasteiger partial charge in [0.1, 0.15) is 0 Å². The summed E-state index contributed by atoms with van der Waals surface area (Å²) in [5, 5.41) is 12.4. The van der Waals surface area contributed by atoms with E-state index >= 15 is 0 Å². The summed E-state index contributed by atoms with van der Waals surface area (Å²) >= 11 is 1.33. The van der Waals surface area contributed by atoms with Crippen LogP contribution in [0.3, 0.4) is 0 Å². The number of carbonyl (C=O) groups excluding carboxylic acids is 1. The van der Waals surface area contributed by atoms with E-state index in [9.17, 15) is 4.79 Å². The van der Waals surface area contributed by atoms with Crippen LogP contribution in [-0.4, -0.2) is 34.1 Å². The fourth-order valence-electron chi connectivity index (χ4n) is 2.42. The van der Waals surface area contributed by atoms with Crippen LogP contribution in [0.5, 0.6) is 0 Å². The number of amides is 1. The average Bonchev–Trinajstić information content (AvgIpc) is 3.00. The van der Waals surface area contributed by atoms with Crippen LogP contribution < -0.4 is 5.32 Å². The van der Waals surface area contributed by atoms with Crippen LogP contribution in [-0.2, 0) is 13.0 Å². The summed E-state index contributed by atoms with van der Waals surface area (Å²) < 4.78 is 0. The molecule has 2 aromatic rings. The predicted octanol–water partition coefficient (Wildman–Crippen LogP) is 2.56. The van der Waals surface area contributed by atoms with Gasteiger partial charge >= 0.3 is 0 Å². The first-order chi connectivity index (χ1) is 10.3. The molecule has 110 valence electrons. The lowest BCUT2D eigenvalue weighted by Gasteiger charge is -2.27. The number of hydrogen-bond donors (Lipinski definition) is 1. The zero-order valence-corrected chi connectivity index (χ0v) is 12.8. The lowest BCUT2D eigenvalue weighted by Crippen LogP contribution is -2.35. The monoisotopic (exact) mass is 302 g/mol. The van der Waals surface area contributed by atoms with Crippen LogP contribution >= 0.6 is 11.3 Å². The third kappa shape index (κ3) is 3.05. The van der Waals surface area contributed by atoms with E-state index < -0.39 is 0 Å². The molecule has 1 aliphatic rings. The molecule has 1 aromatic carbocycles. The van der Waals surface area contributed by atoms with Crippen molar-refractivity contribution in [2.45, 2.75) is 26.3 Å². The van der Waals surface area contributed by atoms with E-state index in [-0.39, 0.29) is 5.91 Å². The van der Waals surface area contributed by atoms with Crippen molar-refractivity contribution in [2.24, 2.45) is 0 Å². The SMILES string of the molecule is CCCNc1nnc(C(=O)N2CCc3ccccc3C2)s1. The first-order valence-corrected chi connectivity index (χ1v) is 8.03. The topological polar surface area (TPSA) is 58.1 Å². The second kappa shape index (κ2) is 6.22. The number of aromatic nitrogens is 2. The number of anilines is 1. The van der Waals surface area contributed by atoms with Crippen LogP contribution in [0.25, 0.3) is 0 Å². The molecule has 0 saturated carbocycles. The van der Waals surface area contributed by atoms with Crippen molar-refractivity contribution in [1.29, 1.82) is 0 Å². The first kappa shape index (κ1) is 14.0. The Morgan fingerprint density at radius 3 is 2.95 bits per heavy atom. The summed E-state index contributed by atoms with van der Waals surface area (Å²) in [5.74, 6) is -0.0217. The summed E-state index contributed by atoms with van der Waals surface area (Å²) in [6, 6.07) is 8.29. The third-order valence-corrected chi connectivity index (χ3v) is 4.42. The number of fused-ring (bicyclic) bond motifs is 1. The average molecular weight is 302 g/mol. The molecule has 6 heteroatoms. The molecule has 0 bridgehead atoms. The predicted molar refractivity (Wildman–Crippen MR) is 83.6 cm³/mol. The minimum atomic E-state index is -0.0217. The van der Waals surface area contributed by atoms with Crippen molar-refractivity contribution in [3.63, 3.8) is 0 Å². The van der Waals surface area contributed by atoms with Gasteiger partial charge in [-0.3, -0.25) is 4.79 Å². The number of hydrogen-bond acceptors (Lipinski definition) is 5. The minimum Gasteiger partial charge on any atom is -0.360 e. The lowest BCUT2D eigenvalue weighted by molar-refractivity contribution is 0.0733. The number of nitrogens with zero attached hydrogens (tertiary/aromatic N) is 3. The van der Waals surface area contributed by atoms with E-state index in [0.717, 1.165) is 31.1 Å². The highest BCUT2D eigenvalue weighted by Crippen LogP contribution is 2.22. The molecule has 0 fully saturated rings. The normalized spacial score (nSPS) is 13.9. The molecular weight excluding hydrogens is 284 g/mol. The van der Waals surface area contributed by atoms with Crippen molar-refractivity contribution in [1.82, 2.24) is 15.1 Å². The summed E-state index contributed by atoms with van der Waals surface area (Å²) in [5.41, 5.74) is 2.56. The van der Waals surface area contributed by atoms with Crippen molar-refractivity contribution >= 4 is 22.4 Å². The number of carbonyl (C=O) groups is 1. The fraction of sp³-hybridized carbons (Fsp3) is 0.400. The lowest BCUT2D eigenvalue weighted by atomic mass is 10.00. The van der Waals surface area contributed by atoms with E-state index in [4.69, 9.17) is 0 Å². The molecule has 0 saturated heterocycles.